The van der Waals surface area contributed by atoms with Crippen molar-refractivity contribution in [3.05, 3.63) is 65.2 Å². The van der Waals surface area contributed by atoms with Gasteiger partial charge < -0.3 is 10.3 Å². The Kier molecular flexibility index (Phi) is 4.18. The highest BCUT2D eigenvalue weighted by Crippen LogP contribution is 2.21. The SMILES string of the molecule is Cc1ccc(O)c(/C(CCc2ccccc2)=N/O)c1. The van der Waals surface area contributed by atoms with Gasteiger partial charge in [0.15, 0.2) is 0 Å². The van der Waals surface area contributed by atoms with Gasteiger partial charge in [0.2, 0.25) is 0 Å². The predicted octanol–water partition coefficient (Wildman–Crippen LogP) is 3.51. The van der Waals surface area contributed by atoms with Gasteiger partial charge in [-0.25, -0.2) is 0 Å². The van der Waals surface area contributed by atoms with Crippen molar-refractivity contribution in [3.8, 4) is 5.75 Å². The first kappa shape index (κ1) is 13.1. The molecule has 0 radical (unpaired) electrons. The van der Waals surface area contributed by atoms with E-state index in [2.05, 4.69) is 5.16 Å². The lowest BCUT2D eigenvalue weighted by atomic mass is 10.00. The minimum atomic E-state index is 0.145. The number of aryl methyl sites for hydroxylation is 2. The molecule has 2 aromatic carbocycles. The molecule has 0 aliphatic rings. The monoisotopic (exact) mass is 255 g/mol. The average Bonchev–Trinajstić information content (AvgIpc) is 2.44. The molecule has 3 heteroatoms. The molecule has 0 aliphatic heterocycles. The molecule has 0 aliphatic carbocycles. The van der Waals surface area contributed by atoms with Gasteiger partial charge in [-0.05, 0) is 37.5 Å². The van der Waals surface area contributed by atoms with Crippen LogP contribution in [0.2, 0.25) is 0 Å². The summed E-state index contributed by atoms with van der Waals surface area (Å²) in [5, 5.41) is 22.3. The maximum Gasteiger partial charge on any atom is 0.124 e. The normalized spacial score (nSPS) is 11.5. The maximum atomic E-state index is 9.84. The molecule has 2 N–H and O–H groups in total. The first-order chi connectivity index (χ1) is 9.20. The van der Waals surface area contributed by atoms with Crippen molar-refractivity contribution in [2.24, 2.45) is 5.16 Å². The van der Waals surface area contributed by atoms with Crippen molar-refractivity contribution in [2.75, 3.05) is 0 Å². The van der Waals surface area contributed by atoms with E-state index in [4.69, 9.17) is 5.21 Å². The summed E-state index contributed by atoms with van der Waals surface area (Å²) in [6.45, 7) is 1.94. The summed E-state index contributed by atoms with van der Waals surface area (Å²) < 4.78 is 0. The van der Waals surface area contributed by atoms with Crippen LogP contribution in [0.4, 0.5) is 0 Å². The molecule has 0 fully saturated rings. The highest BCUT2D eigenvalue weighted by molar-refractivity contribution is 6.02. The van der Waals surface area contributed by atoms with Crippen LogP contribution in [0.25, 0.3) is 0 Å². The number of phenolic OH excluding ortho intramolecular Hbond substituents is 1. The number of oxime groups is 1. The highest BCUT2D eigenvalue weighted by atomic mass is 16.4. The number of aromatic hydroxyl groups is 1. The molecule has 3 nitrogen and oxygen atoms in total. The van der Waals surface area contributed by atoms with E-state index in [-0.39, 0.29) is 5.75 Å². The Balaban J connectivity index is 2.15. The number of rotatable bonds is 4. The first-order valence-corrected chi connectivity index (χ1v) is 6.25. The van der Waals surface area contributed by atoms with Crippen LogP contribution in [-0.4, -0.2) is 16.0 Å². The van der Waals surface area contributed by atoms with Gasteiger partial charge in [0, 0.05) is 5.56 Å². The third kappa shape index (κ3) is 3.35. The maximum absolute atomic E-state index is 9.84. The van der Waals surface area contributed by atoms with Crippen LogP contribution in [0.15, 0.2) is 53.7 Å². The molecule has 2 aromatic rings. The largest absolute Gasteiger partial charge is 0.507 e. The van der Waals surface area contributed by atoms with Gasteiger partial charge in [-0.15, -0.1) is 0 Å². The van der Waals surface area contributed by atoms with Crippen LogP contribution in [0.1, 0.15) is 23.1 Å². The molecule has 0 unspecified atom stereocenters. The van der Waals surface area contributed by atoms with E-state index in [1.54, 1.807) is 6.07 Å². The van der Waals surface area contributed by atoms with Crippen molar-refractivity contribution >= 4 is 5.71 Å². The number of phenols is 1. The lowest BCUT2D eigenvalue weighted by molar-refractivity contribution is 0.317. The zero-order valence-corrected chi connectivity index (χ0v) is 10.9. The van der Waals surface area contributed by atoms with Crippen molar-refractivity contribution in [1.29, 1.82) is 0 Å². The summed E-state index contributed by atoms with van der Waals surface area (Å²) >= 11 is 0. The summed E-state index contributed by atoms with van der Waals surface area (Å²) in [5.41, 5.74) is 3.30. The zero-order valence-electron chi connectivity index (χ0n) is 10.9. The molecule has 0 saturated heterocycles. The van der Waals surface area contributed by atoms with E-state index in [0.717, 1.165) is 12.0 Å². The summed E-state index contributed by atoms with van der Waals surface area (Å²) in [5.74, 6) is 0.145. The van der Waals surface area contributed by atoms with Crippen LogP contribution in [0, 0.1) is 6.92 Å². The molecular formula is C16H17NO2. The van der Waals surface area contributed by atoms with Crippen molar-refractivity contribution in [3.63, 3.8) is 0 Å². The van der Waals surface area contributed by atoms with Crippen molar-refractivity contribution in [1.82, 2.24) is 0 Å². The number of hydrogen-bond donors (Lipinski definition) is 2. The molecule has 0 amide bonds. The second-order valence-corrected chi connectivity index (χ2v) is 4.55. The van der Waals surface area contributed by atoms with Crippen molar-refractivity contribution in [2.45, 2.75) is 19.8 Å². The Morgan fingerprint density at radius 1 is 1.11 bits per heavy atom. The first-order valence-electron chi connectivity index (χ1n) is 6.25. The number of benzene rings is 2. The fourth-order valence-corrected chi connectivity index (χ4v) is 2.03. The summed E-state index contributed by atoms with van der Waals surface area (Å²) in [6.07, 6.45) is 1.35. The van der Waals surface area contributed by atoms with E-state index >= 15 is 0 Å². The van der Waals surface area contributed by atoms with Gasteiger partial charge in [0.25, 0.3) is 0 Å². The highest BCUT2D eigenvalue weighted by Gasteiger charge is 2.10. The third-order valence-corrected chi connectivity index (χ3v) is 3.08. The second-order valence-electron chi connectivity index (χ2n) is 4.55. The van der Waals surface area contributed by atoms with Gasteiger partial charge in [0.05, 0.1) is 5.71 Å². The third-order valence-electron chi connectivity index (χ3n) is 3.08. The lowest BCUT2D eigenvalue weighted by Gasteiger charge is -2.08. The van der Waals surface area contributed by atoms with Crippen LogP contribution < -0.4 is 0 Å². The van der Waals surface area contributed by atoms with Crippen LogP contribution in [-0.2, 0) is 6.42 Å². The zero-order chi connectivity index (χ0) is 13.7. The van der Waals surface area contributed by atoms with Gasteiger partial charge in [-0.2, -0.15) is 0 Å². The molecule has 2 rings (SSSR count). The summed E-state index contributed by atoms with van der Waals surface area (Å²) in [4.78, 5) is 0. The Hall–Kier alpha value is -2.29. The van der Waals surface area contributed by atoms with Gasteiger partial charge in [0.1, 0.15) is 5.75 Å². The van der Waals surface area contributed by atoms with E-state index in [9.17, 15) is 5.11 Å². The fourth-order valence-electron chi connectivity index (χ4n) is 2.03. The predicted molar refractivity (Wildman–Crippen MR) is 75.9 cm³/mol. The van der Waals surface area contributed by atoms with Gasteiger partial charge in [-0.1, -0.05) is 47.1 Å². The summed E-state index contributed by atoms with van der Waals surface area (Å²) in [7, 11) is 0. The molecule has 0 aromatic heterocycles. The van der Waals surface area contributed by atoms with E-state index in [1.165, 1.54) is 5.56 Å². The Bertz CT molecular complexity index is 577. The minimum absolute atomic E-state index is 0.145. The molecular weight excluding hydrogens is 238 g/mol. The molecule has 0 bridgehead atoms. The van der Waals surface area contributed by atoms with E-state index in [0.29, 0.717) is 17.7 Å². The number of hydrogen-bond acceptors (Lipinski definition) is 3. The van der Waals surface area contributed by atoms with E-state index < -0.39 is 0 Å². The van der Waals surface area contributed by atoms with E-state index in [1.807, 2.05) is 49.4 Å². The topological polar surface area (TPSA) is 52.8 Å². The van der Waals surface area contributed by atoms with Crippen molar-refractivity contribution < 1.29 is 10.3 Å². The Labute approximate surface area is 112 Å². The van der Waals surface area contributed by atoms with Gasteiger partial charge in [-0.3, -0.25) is 0 Å². The Morgan fingerprint density at radius 2 is 1.84 bits per heavy atom. The Morgan fingerprint density at radius 3 is 2.53 bits per heavy atom. The van der Waals surface area contributed by atoms with Crippen LogP contribution in [0.3, 0.4) is 0 Å². The molecule has 0 saturated carbocycles. The number of nitrogens with zero attached hydrogens (tertiary/aromatic N) is 1. The molecule has 0 spiro atoms. The molecule has 19 heavy (non-hydrogen) atoms. The lowest BCUT2D eigenvalue weighted by Crippen LogP contribution is -2.04. The average molecular weight is 255 g/mol. The molecule has 0 atom stereocenters. The smallest absolute Gasteiger partial charge is 0.124 e. The second kappa shape index (κ2) is 6.05. The molecule has 0 heterocycles. The summed E-state index contributed by atoms with van der Waals surface area (Å²) in [6, 6.07) is 15.3. The molecule has 98 valence electrons. The van der Waals surface area contributed by atoms with Crippen LogP contribution >= 0.6 is 0 Å². The standard InChI is InChI=1S/C16H17NO2/c1-12-7-10-16(18)14(11-12)15(17-19)9-8-13-5-3-2-4-6-13/h2-7,10-11,18-19H,8-9H2,1H3/b17-15+. The fraction of sp³-hybridized carbons (Fsp3) is 0.188. The van der Waals surface area contributed by atoms with Gasteiger partial charge >= 0.3 is 0 Å². The van der Waals surface area contributed by atoms with Crippen LogP contribution in [0.5, 0.6) is 5.75 Å². The minimum Gasteiger partial charge on any atom is -0.507 e. The quantitative estimate of drug-likeness (QED) is 0.499.